The molecule has 0 aliphatic heterocycles. The van der Waals surface area contributed by atoms with Crippen LogP contribution in [0.1, 0.15) is 316 Å². The van der Waals surface area contributed by atoms with Gasteiger partial charge in [-0.15, -0.1) is 0 Å². The maximum absolute atomic E-state index is 12.5. The number of hydrogen-bond donors (Lipinski definition) is 3. The second kappa shape index (κ2) is 58.4. The molecular weight excluding hydrogens is 851 g/mol. The van der Waals surface area contributed by atoms with E-state index in [4.69, 9.17) is 4.74 Å². The maximum atomic E-state index is 12.5. The number of aliphatic hydroxyl groups is 2. The maximum Gasteiger partial charge on any atom is 0.305 e. The second-order valence-electron chi connectivity index (χ2n) is 20.7. The minimum atomic E-state index is -0.672. The van der Waals surface area contributed by atoms with Gasteiger partial charge in [-0.25, -0.2) is 0 Å². The van der Waals surface area contributed by atoms with Crippen LogP contribution >= 0.6 is 0 Å². The molecular formula is C63H117NO5. The van der Waals surface area contributed by atoms with Gasteiger partial charge in [0.25, 0.3) is 0 Å². The highest BCUT2D eigenvalue weighted by atomic mass is 16.5. The first kappa shape index (κ1) is 66.8. The van der Waals surface area contributed by atoms with Gasteiger partial charge in [-0.2, -0.15) is 0 Å². The van der Waals surface area contributed by atoms with Crippen molar-refractivity contribution in [3.05, 3.63) is 48.6 Å². The molecule has 2 atom stereocenters. The predicted molar refractivity (Wildman–Crippen MR) is 301 cm³/mol. The molecule has 0 radical (unpaired) electrons. The van der Waals surface area contributed by atoms with Gasteiger partial charge < -0.3 is 20.3 Å². The lowest BCUT2D eigenvalue weighted by Gasteiger charge is -2.22. The fourth-order valence-electron chi connectivity index (χ4n) is 9.19. The fourth-order valence-corrected chi connectivity index (χ4v) is 9.19. The summed E-state index contributed by atoms with van der Waals surface area (Å²) >= 11 is 0. The summed E-state index contributed by atoms with van der Waals surface area (Å²) in [5.41, 5.74) is 0. The van der Waals surface area contributed by atoms with Gasteiger partial charge >= 0.3 is 5.97 Å². The number of rotatable bonds is 56. The van der Waals surface area contributed by atoms with Gasteiger partial charge in [-0.3, -0.25) is 9.59 Å². The van der Waals surface area contributed by atoms with Gasteiger partial charge in [0.2, 0.25) is 5.91 Å². The fraction of sp³-hybridized carbons (Fsp3) is 0.841. The van der Waals surface area contributed by atoms with E-state index in [9.17, 15) is 19.8 Å². The summed E-state index contributed by atoms with van der Waals surface area (Å²) in [6, 6.07) is -0.550. The molecule has 404 valence electrons. The third kappa shape index (κ3) is 55.0. The number of hydrogen-bond acceptors (Lipinski definition) is 5. The standard InChI is InChI=1S/C63H117NO5/c1-3-5-7-9-11-13-15-17-19-20-25-29-33-37-41-45-49-53-57-63(68)69-58-54-50-46-42-38-34-30-26-23-21-22-24-28-32-36-40-44-48-52-56-62(67)64-60(59-65)61(66)55-51-47-43-39-35-31-27-18-16-14-12-10-8-6-4-2/h13,15,19-20,26,30,34,38,60-61,65-66H,3-12,14,16-18,21-25,27-29,31-33,35-37,39-59H2,1-2H3,(H,64,67)/b15-13-,20-19-,30-26-,38-34-. The minimum Gasteiger partial charge on any atom is -0.466 e. The molecule has 0 aliphatic rings. The van der Waals surface area contributed by atoms with Gasteiger partial charge in [0.05, 0.1) is 25.4 Å². The average molecular weight is 969 g/mol. The Morgan fingerprint density at radius 2 is 0.768 bits per heavy atom. The topological polar surface area (TPSA) is 95.9 Å². The van der Waals surface area contributed by atoms with E-state index in [1.54, 1.807) is 0 Å². The monoisotopic (exact) mass is 968 g/mol. The third-order valence-electron chi connectivity index (χ3n) is 13.9. The predicted octanol–water partition coefficient (Wildman–Crippen LogP) is 19.0. The van der Waals surface area contributed by atoms with Crippen LogP contribution in [0.15, 0.2) is 48.6 Å². The number of esters is 1. The van der Waals surface area contributed by atoms with Crippen LogP contribution in [0, 0.1) is 0 Å². The first-order valence-electron chi connectivity index (χ1n) is 30.4. The summed E-state index contributed by atoms with van der Waals surface area (Å²) in [7, 11) is 0. The molecule has 0 spiro atoms. The normalized spacial score (nSPS) is 12.9. The summed E-state index contributed by atoms with van der Waals surface area (Å²) in [6.07, 6.45) is 73.9. The number of aliphatic hydroxyl groups excluding tert-OH is 2. The molecule has 0 rings (SSSR count). The van der Waals surface area contributed by atoms with E-state index >= 15 is 0 Å². The van der Waals surface area contributed by atoms with Gasteiger partial charge in [0.15, 0.2) is 0 Å². The van der Waals surface area contributed by atoms with Crippen molar-refractivity contribution in [3.8, 4) is 0 Å². The van der Waals surface area contributed by atoms with E-state index in [1.165, 1.54) is 205 Å². The van der Waals surface area contributed by atoms with Crippen molar-refractivity contribution in [1.82, 2.24) is 5.32 Å². The van der Waals surface area contributed by atoms with Crippen molar-refractivity contribution >= 4 is 11.9 Å². The van der Waals surface area contributed by atoms with Crippen LogP contribution in [0.5, 0.6) is 0 Å². The Morgan fingerprint density at radius 3 is 1.20 bits per heavy atom. The quantitative estimate of drug-likeness (QED) is 0.0244. The molecule has 0 fully saturated rings. The number of unbranched alkanes of at least 4 members (excludes halogenated alkanes) is 38. The summed E-state index contributed by atoms with van der Waals surface area (Å²) in [4.78, 5) is 24.5. The molecule has 0 bridgehead atoms. The smallest absolute Gasteiger partial charge is 0.305 e. The summed E-state index contributed by atoms with van der Waals surface area (Å²) in [6.45, 7) is 4.90. The molecule has 0 aromatic rings. The SMILES string of the molecule is CCCCCC/C=C\C/C=C\CCCCCCCCCC(=O)OCCCCC/C=C\C=C/CCCCCCCCCCCCC(=O)NC(CO)C(O)CCCCCCCCCCCCCCCCC. The number of allylic oxidation sites excluding steroid dienone is 8. The molecule has 0 aromatic carbocycles. The van der Waals surface area contributed by atoms with E-state index in [2.05, 4.69) is 67.8 Å². The number of nitrogens with one attached hydrogen (secondary N) is 1. The summed E-state index contributed by atoms with van der Waals surface area (Å²) in [5.74, 6) is -0.0653. The van der Waals surface area contributed by atoms with Crippen molar-refractivity contribution in [1.29, 1.82) is 0 Å². The number of amides is 1. The number of carbonyl (C=O) groups is 2. The van der Waals surface area contributed by atoms with Crippen LogP contribution in [0.25, 0.3) is 0 Å². The van der Waals surface area contributed by atoms with Crippen LogP contribution in [0.3, 0.4) is 0 Å². The molecule has 0 aromatic heterocycles. The summed E-state index contributed by atoms with van der Waals surface area (Å²) in [5, 5.41) is 23.3. The van der Waals surface area contributed by atoms with Crippen LogP contribution in [-0.2, 0) is 14.3 Å². The Labute approximate surface area is 429 Å². The van der Waals surface area contributed by atoms with Gasteiger partial charge in [0, 0.05) is 12.8 Å². The molecule has 1 amide bonds. The Hall–Kier alpha value is -2.18. The molecule has 0 saturated heterocycles. The lowest BCUT2D eigenvalue weighted by molar-refractivity contribution is -0.143. The van der Waals surface area contributed by atoms with Gasteiger partial charge in [0.1, 0.15) is 0 Å². The molecule has 6 nitrogen and oxygen atoms in total. The zero-order chi connectivity index (χ0) is 50.0. The highest BCUT2D eigenvalue weighted by molar-refractivity contribution is 5.76. The van der Waals surface area contributed by atoms with Gasteiger partial charge in [-0.05, 0) is 89.9 Å². The Balaban J connectivity index is 3.48. The van der Waals surface area contributed by atoms with E-state index in [-0.39, 0.29) is 18.5 Å². The number of ether oxygens (including phenoxy) is 1. The van der Waals surface area contributed by atoms with Crippen molar-refractivity contribution in [2.45, 2.75) is 328 Å². The van der Waals surface area contributed by atoms with Crippen LogP contribution < -0.4 is 5.32 Å². The van der Waals surface area contributed by atoms with Crippen molar-refractivity contribution < 1.29 is 24.5 Å². The molecule has 0 aliphatic carbocycles. The van der Waals surface area contributed by atoms with Gasteiger partial charge in [-0.1, -0.05) is 262 Å². The van der Waals surface area contributed by atoms with E-state index < -0.39 is 12.1 Å². The molecule has 6 heteroatoms. The Morgan fingerprint density at radius 1 is 0.420 bits per heavy atom. The van der Waals surface area contributed by atoms with Crippen LogP contribution in [0.2, 0.25) is 0 Å². The van der Waals surface area contributed by atoms with E-state index in [0.29, 0.717) is 25.9 Å². The largest absolute Gasteiger partial charge is 0.466 e. The molecule has 0 heterocycles. The highest BCUT2D eigenvalue weighted by Crippen LogP contribution is 2.17. The van der Waals surface area contributed by atoms with E-state index in [0.717, 1.165) is 77.0 Å². The lowest BCUT2D eigenvalue weighted by atomic mass is 10.0. The first-order valence-corrected chi connectivity index (χ1v) is 30.4. The van der Waals surface area contributed by atoms with Crippen molar-refractivity contribution in [2.24, 2.45) is 0 Å². The molecule has 2 unspecified atom stereocenters. The third-order valence-corrected chi connectivity index (χ3v) is 13.9. The minimum absolute atomic E-state index is 0.0208. The van der Waals surface area contributed by atoms with E-state index in [1.807, 2.05) is 0 Å². The Bertz CT molecular complexity index is 1160. The first-order chi connectivity index (χ1) is 34.0. The summed E-state index contributed by atoms with van der Waals surface area (Å²) < 4.78 is 5.46. The lowest BCUT2D eigenvalue weighted by Crippen LogP contribution is -2.45. The van der Waals surface area contributed by atoms with Crippen LogP contribution in [0.4, 0.5) is 0 Å². The average Bonchev–Trinajstić information content (AvgIpc) is 3.35. The van der Waals surface area contributed by atoms with Crippen molar-refractivity contribution in [2.75, 3.05) is 13.2 Å². The molecule has 0 saturated carbocycles. The van der Waals surface area contributed by atoms with Crippen LogP contribution in [-0.4, -0.2) is 47.4 Å². The zero-order valence-corrected chi connectivity index (χ0v) is 46.0. The molecule has 69 heavy (non-hydrogen) atoms. The van der Waals surface area contributed by atoms with Crippen molar-refractivity contribution in [3.63, 3.8) is 0 Å². The second-order valence-corrected chi connectivity index (χ2v) is 20.7. The zero-order valence-electron chi connectivity index (χ0n) is 46.0. The molecule has 3 N–H and O–H groups in total. The Kier molecular flexibility index (Phi) is 56.5. The highest BCUT2D eigenvalue weighted by Gasteiger charge is 2.20. The number of carbonyl (C=O) groups excluding carboxylic acids is 2.